The average molecular weight is 425 g/mol. The molecule has 2 aromatic carbocycles. The second-order valence-electron chi connectivity index (χ2n) is 6.41. The van der Waals surface area contributed by atoms with Gasteiger partial charge >= 0.3 is 0 Å². The summed E-state index contributed by atoms with van der Waals surface area (Å²) in [6.07, 6.45) is 0. The molecule has 1 aliphatic heterocycles. The predicted molar refractivity (Wildman–Crippen MR) is 105 cm³/mol. The number of hydrogen-bond acceptors (Lipinski definition) is 5. The van der Waals surface area contributed by atoms with Crippen molar-refractivity contribution in [1.82, 2.24) is 9.62 Å². The molecule has 1 heterocycles. The quantitative estimate of drug-likeness (QED) is 0.770. The molecule has 0 aromatic heterocycles. The number of ether oxygens (including phenoxy) is 2. The number of rotatable bonds is 6. The fourth-order valence-electron chi connectivity index (χ4n) is 2.80. The monoisotopic (exact) mass is 424 g/mol. The van der Waals surface area contributed by atoms with Gasteiger partial charge in [-0.1, -0.05) is 23.7 Å². The number of likely N-dealkylation sites (N-methyl/N-ethyl adjacent to an activating group) is 1. The van der Waals surface area contributed by atoms with E-state index in [0.717, 1.165) is 9.87 Å². The fourth-order valence-corrected chi connectivity index (χ4v) is 4.14. The first-order valence-corrected chi connectivity index (χ1v) is 10.5. The molecule has 0 fully saturated rings. The van der Waals surface area contributed by atoms with E-state index in [0.29, 0.717) is 29.7 Å². The normalized spacial score (nSPS) is 14.6. The summed E-state index contributed by atoms with van der Waals surface area (Å²) in [7, 11) is -2.50. The molecule has 2 aromatic rings. The Morgan fingerprint density at radius 1 is 1.18 bits per heavy atom. The SMILES string of the molecule is C[C@@H](NC(=O)CN(C)S(=O)(=O)c1ccc2c(c1)OCCO2)c1cccc(Cl)c1. The van der Waals surface area contributed by atoms with E-state index < -0.39 is 15.9 Å². The maximum atomic E-state index is 12.8. The summed E-state index contributed by atoms with van der Waals surface area (Å²) in [5, 5.41) is 3.35. The van der Waals surface area contributed by atoms with Crippen LogP contribution in [0.2, 0.25) is 5.02 Å². The highest BCUT2D eigenvalue weighted by Gasteiger charge is 2.25. The molecule has 3 rings (SSSR count). The summed E-state index contributed by atoms with van der Waals surface area (Å²) in [4.78, 5) is 12.4. The molecular weight excluding hydrogens is 404 g/mol. The number of benzene rings is 2. The van der Waals surface area contributed by atoms with Gasteiger partial charge < -0.3 is 14.8 Å². The lowest BCUT2D eigenvalue weighted by Crippen LogP contribution is -2.39. The van der Waals surface area contributed by atoms with Gasteiger partial charge in [0.25, 0.3) is 0 Å². The van der Waals surface area contributed by atoms with Gasteiger partial charge in [0.05, 0.1) is 17.5 Å². The third kappa shape index (κ3) is 4.57. The Bertz CT molecular complexity index is 980. The maximum Gasteiger partial charge on any atom is 0.243 e. The zero-order valence-corrected chi connectivity index (χ0v) is 17.1. The number of carbonyl (C=O) groups is 1. The molecule has 1 aliphatic rings. The highest BCUT2D eigenvalue weighted by molar-refractivity contribution is 7.89. The lowest BCUT2D eigenvalue weighted by atomic mass is 10.1. The topological polar surface area (TPSA) is 84.9 Å². The van der Waals surface area contributed by atoms with Crippen LogP contribution in [-0.2, 0) is 14.8 Å². The van der Waals surface area contributed by atoms with Crippen LogP contribution in [0.15, 0.2) is 47.4 Å². The first-order chi connectivity index (χ1) is 13.3. The van der Waals surface area contributed by atoms with Crippen LogP contribution in [0, 0.1) is 0 Å². The number of amides is 1. The molecule has 0 aliphatic carbocycles. The van der Waals surface area contributed by atoms with Crippen molar-refractivity contribution in [1.29, 1.82) is 0 Å². The summed E-state index contributed by atoms with van der Waals surface area (Å²) in [6.45, 7) is 2.26. The molecule has 0 saturated carbocycles. The Kier molecular flexibility index (Phi) is 6.12. The third-order valence-electron chi connectivity index (χ3n) is 4.31. The van der Waals surface area contributed by atoms with Gasteiger partial charge in [-0.3, -0.25) is 4.79 Å². The highest BCUT2D eigenvalue weighted by Crippen LogP contribution is 2.32. The number of carbonyl (C=O) groups excluding carboxylic acids is 1. The first kappa shape index (κ1) is 20.4. The van der Waals surface area contributed by atoms with Crippen LogP contribution in [0.1, 0.15) is 18.5 Å². The van der Waals surface area contributed by atoms with Crippen LogP contribution >= 0.6 is 11.6 Å². The summed E-state index contributed by atoms with van der Waals surface area (Å²) in [5.74, 6) is 0.455. The minimum Gasteiger partial charge on any atom is -0.486 e. The van der Waals surface area contributed by atoms with Crippen LogP contribution in [0.25, 0.3) is 0 Å². The lowest BCUT2D eigenvalue weighted by Gasteiger charge is -2.22. The largest absolute Gasteiger partial charge is 0.486 e. The minimum atomic E-state index is -3.86. The second kappa shape index (κ2) is 8.38. The number of halogens is 1. The molecule has 28 heavy (non-hydrogen) atoms. The third-order valence-corrected chi connectivity index (χ3v) is 6.35. The molecule has 0 spiro atoms. The number of nitrogens with one attached hydrogen (secondary N) is 1. The Labute approximate surface area is 169 Å². The van der Waals surface area contributed by atoms with Crippen molar-refractivity contribution in [2.45, 2.75) is 17.9 Å². The summed E-state index contributed by atoms with van der Waals surface area (Å²) in [5.41, 5.74) is 0.832. The van der Waals surface area contributed by atoms with Gasteiger partial charge in [-0.05, 0) is 36.8 Å². The van der Waals surface area contributed by atoms with Gasteiger partial charge in [-0.15, -0.1) is 0 Å². The number of fused-ring (bicyclic) bond motifs is 1. The van der Waals surface area contributed by atoms with Gasteiger partial charge in [-0.25, -0.2) is 8.42 Å². The van der Waals surface area contributed by atoms with Crippen molar-refractivity contribution in [3.8, 4) is 11.5 Å². The molecule has 0 radical (unpaired) electrons. The van der Waals surface area contributed by atoms with E-state index in [1.54, 1.807) is 31.2 Å². The summed E-state index contributed by atoms with van der Waals surface area (Å²) < 4.78 is 37.4. The highest BCUT2D eigenvalue weighted by atomic mass is 35.5. The van der Waals surface area contributed by atoms with Crippen LogP contribution in [-0.4, -0.2) is 45.4 Å². The van der Waals surface area contributed by atoms with Crippen LogP contribution in [0.3, 0.4) is 0 Å². The molecular formula is C19H21ClN2O5S. The van der Waals surface area contributed by atoms with Crippen LogP contribution < -0.4 is 14.8 Å². The fraction of sp³-hybridized carbons (Fsp3) is 0.316. The van der Waals surface area contributed by atoms with E-state index in [1.807, 2.05) is 6.07 Å². The smallest absolute Gasteiger partial charge is 0.243 e. The zero-order chi connectivity index (χ0) is 20.3. The Balaban J connectivity index is 1.67. The van der Waals surface area contributed by atoms with Crippen molar-refractivity contribution >= 4 is 27.5 Å². The zero-order valence-electron chi connectivity index (χ0n) is 15.5. The van der Waals surface area contributed by atoms with E-state index in [4.69, 9.17) is 21.1 Å². The van der Waals surface area contributed by atoms with Crippen molar-refractivity contribution < 1.29 is 22.7 Å². The standard InChI is InChI=1S/C19H21ClN2O5S/c1-13(14-4-3-5-15(20)10-14)21-19(23)12-22(2)28(24,25)16-6-7-17-18(11-16)27-9-8-26-17/h3-7,10-11,13H,8-9,12H2,1-2H3,(H,21,23)/t13-/m1/s1. The molecule has 0 saturated heterocycles. The summed E-state index contributed by atoms with van der Waals surface area (Å²) >= 11 is 5.97. The molecule has 9 heteroatoms. The average Bonchev–Trinajstić information content (AvgIpc) is 2.67. The van der Waals surface area contributed by atoms with E-state index in [1.165, 1.54) is 19.2 Å². The van der Waals surface area contributed by atoms with Gasteiger partial charge in [0.15, 0.2) is 11.5 Å². The second-order valence-corrected chi connectivity index (χ2v) is 8.89. The molecule has 7 nitrogen and oxygen atoms in total. The predicted octanol–water partition coefficient (Wildman–Crippen LogP) is 2.61. The maximum absolute atomic E-state index is 12.8. The van der Waals surface area contributed by atoms with E-state index in [2.05, 4.69) is 5.32 Å². The summed E-state index contributed by atoms with van der Waals surface area (Å²) in [6, 6.07) is 11.2. The first-order valence-electron chi connectivity index (χ1n) is 8.68. The van der Waals surface area contributed by atoms with Gasteiger partial charge in [0.2, 0.25) is 15.9 Å². The number of nitrogens with zero attached hydrogens (tertiary/aromatic N) is 1. The molecule has 1 atom stereocenters. The van der Waals surface area contributed by atoms with Crippen molar-refractivity contribution in [2.75, 3.05) is 26.8 Å². The molecule has 1 N–H and O–H groups in total. The number of sulfonamides is 1. The minimum absolute atomic E-state index is 0.0370. The molecule has 1 amide bonds. The van der Waals surface area contributed by atoms with Crippen LogP contribution in [0.5, 0.6) is 11.5 Å². The van der Waals surface area contributed by atoms with E-state index in [-0.39, 0.29) is 17.5 Å². The Morgan fingerprint density at radius 3 is 2.61 bits per heavy atom. The van der Waals surface area contributed by atoms with E-state index >= 15 is 0 Å². The van der Waals surface area contributed by atoms with Crippen molar-refractivity contribution in [2.24, 2.45) is 0 Å². The van der Waals surface area contributed by atoms with E-state index in [9.17, 15) is 13.2 Å². The molecule has 0 unspecified atom stereocenters. The van der Waals surface area contributed by atoms with Gasteiger partial charge in [-0.2, -0.15) is 4.31 Å². The van der Waals surface area contributed by atoms with Crippen molar-refractivity contribution in [3.63, 3.8) is 0 Å². The van der Waals surface area contributed by atoms with Crippen LogP contribution in [0.4, 0.5) is 0 Å². The molecule has 0 bridgehead atoms. The van der Waals surface area contributed by atoms with Gasteiger partial charge in [0, 0.05) is 18.1 Å². The molecule has 150 valence electrons. The Hall–Kier alpha value is -2.29. The van der Waals surface area contributed by atoms with Gasteiger partial charge in [0.1, 0.15) is 13.2 Å². The lowest BCUT2D eigenvalue weighted by molar-refractivity contribution is -0.121. The van der Waals surface area contributed by atoms with Crippen molar-refractivity contribution in [3.05, 3.63) is 53.1 Å². The Morgan fingerprint density at radius 2 is 1.89 bits per heavy atom. The number of hydrogen-bond donors (Lipinski definition) is 1.